The van der Waals surface area contributed by atoms with E-state index in [0.29, 0.717) is 17.5 Å². The largest absolute Gasteiger partial charge is 0.352 e. The predicted octanol–water partition coefficient (Wildman–Crippen LogP) is 2.88. The normalized spacial score (nSPS) is 29.2. The number of halogens is 1. The molecule has 1 saturated heterocycles. The lowest BCUT2D eigenvalue weighted by molar-refractivity contribution is -0.125. The third-order valence-corrected chi connectivity index (χ3v) is 5.64. The minimum Gasteiger partial charge on any atom is -0.352 e. The smallest absolute Gasteiger partial charge is 0.254 e. The maximum absolute atomic E-state index is 13.2. The second-order valence-electron chi connectivity index (χ2n) is 7.37. The summed E-state index contributed by atoms with van der Waals surface area (Å²) in [6, 6.07) is 5.71. The third-order valence-electron chi connectivity index (χ3n) is 5.64. The van der Waals surface area contributed by atoms with Crippen LogP contribution in [0.25, 0.3) is 0 Å². The summed E-state index contributed by atoms with van der Waals surface area (Å²) in [7, 11) is 0. The molecule has 4 nitrogen and oxygen atoms in total. The summed E-state index contributed by atoms with van der Waals surface area (Å²) in [6.45, 7) is 0. The van der Waals surface area contributed by atoms with Crippen LogP contribution in [0.3, 0.4) is 0 Å². The van der Waals surface area contributed by atoms with Gasteiger partial charge in [0, 0.05) is 17.6 Å². The number of hydrogen-bond donors (Lipinski definition) is 1. The predicted molar refractivity (Wildman–Crippen MR) is 87.9 cm³/mol. The highest BCUT2D eigenvalue weighted by Gasteiger charge is 2.48. The Hall–Kier alpha value is -1.91. The molecule has 3 atom stereocenters. The Morgan fingerprint density at radius 3 is 2.46 bits per heavy atom. The van der Waals surface area contributed by atoms with Crippen LogP contribution in [0.15, 0.2) is 24.3 Å². The van der Waals surface area contributed by atoms with E-state index >= 15 is 0 Å². The van der Waals surface area contributed by atoms with E-state index in [0.717, 1.165) is 38.5 Å². The van der Waals surface area contributed by atoms with Crippen LogP contribution in [0.4, 0.5) is 4.39 Å². The average molecular weight is 330 g/mol. The number of benzene rings is 1. The SMILES string of the molecule is O=C(NC1CC1)[C@@H]1C[C@@H]2CCCC[C@H]2N1C(=O)c1ccc(F)cc1. The minimum atomic E-state index is -0.378. The number of amides is 2. The van der Waals surface area contributed by atoms with Crippen molar-refractivity contribution in [3.63, 3.8) is 0 Å². The van der Waals surface area contributed by atoms with Crippen molar-refractivity contribution >= 4 is 11.8 Å². The zero-order valence-electron chi connectivity index (χ0n) is 13.7. The van der Waals surface area contributed by atoms with Crippen LogP contribution >= 0.6 is 0 Å². The molecule has 1 aliphatic heterocycles. The number of nitrogens with one attached hydrogen (secondary N) is 1. The fourth-order valence-corrected chi connectivity index (χ4v) is 4.25. The molecule has 1 heterocycles. The molecule has 0 spiro atoms. The Balaban J connectivity index is 1.60. The molecular formula is C19H23FN2O2. The van der Waals surface area contributed by atoms with E-state index in [9.17, 15) is 14.0 Å². The van der Waals surface area contributed by atoms with Crippen LogP contribution in [0.1, 0.15) is 55.3 Å². The number of rotatable bonds is 3. The monoisotopic (exact) mass is 330 g/mol. The van der Waals surface area contributed by atoms with E-state index < -0.39 is 0 Å². The molecule has 0 radical (unpaired) electrons. The fraction of sp³-hybridized carbons (Fsp3) is 0.579. The van der Waals surface area contributed by atoms with Gasteiger partial charge in [-0.25, -0.2) is 4.39 Å². The zero-order chi connectivity index (χ0) is 16.7. The van der Waals surface area contributed by atoms with Crippen molar-refractivity contribution in [1.82, 2.24) is 10.2 Å². The molecule has 3 fully saturated rings. The number of carbonyl (C=O) groups is 2. The Morgan fingerprint density at radius 1 is 1.04 bits per heavy atom. The Morgan fingerprint density at radius 2 is 1.75 bits per heavy atom. The molecule has 0 unspecified atom stereocenters. The molecule has 4 rings (SSSR count). The summed E-state index contributed by atoms with van der Waals surface area (Å²) in [5, 5.41) is 3.06. The number of likely N-dealkylation sites (tertiary alicyclic amines) is 1. The van der Waals surface area contributed by atoms with Gasteiger partial charge in [-0.1, -0.05) is 12.8 Å². The van der Waals surface area contributed by atoms with Gasteiger partial charge in [-0.3, -0.25) is 9.59 Å². The molecule has 0 bridgehead atoms. The second-order valence-corrected chi connectivity index (χ2v) is 7.37. The average Bonchev–Trinajstić information content (AvgIpc) is 3.31. The third kappa shape index (κ3) is 2.92. The van der Waals surface area contributed by atoms with Gasteiger partial charge in [-0.15, -0.1) is 0 Å². The van der Waals surface area contributed by atoms with Gasteiger partial charge in [0.05, 0.1) is 0 Å². The standard InChI is InChI=1S/C19H23FN2O2/c20-14-7-5-12(6-8-14)19(24)22-16-4-2-1-3-13(16)11-17(22)18(23)21-15-9-10-15/h5-8,13,15-17H,1-4,9-11H2,(H,21,23)/t13-,16+,17-/m0/s1. The Labute approximate surface area is 141 Å². The molecule has 0 aromatic heterocycles. The Bertz CT molecular complexity index is 641. The molecule has 1 aromatic carbocycles. The van der Waals surface area contributed by atoms with Gasteiger partial charge in [0.25, 0.3) is 5.91 Å². The van der Waals surface area contributed by atoms with E-state index in [-0.39, 0.29) is 29.7 Å². The molecule has 1 aromatic rings. The van der Waals surface area contributed by atoms with Crippen molar-refractivity contribution in [2.75, 3.05) is 0 Å². The van der Waals surface area contributed by atoms with Crippen LogP contribution in [-0.2, 0) is 4.79 Å². The number of hydrogen-bond acceptors (Lipinski definition) is 2. The second kappa shape index (κ2) is 6.19. The zero-order valence-corrected chi connectivity index (χ0v) is 13.7. The minimum absolute atomic E-state index is 0.0117. The molecule has 1 N–H and O–H groups in total. The quantitative estimate of drug-likeness (QED) is 0.926. The van der Waals surface area contributed by atoms with Crippen LogP contribution in [-0.4, -0.2) is 34.8 Å². The maximum atomic E-state index is 13.2. The van der Waals surface area contributed by atoms with Gasteiger partial charge in [0.1, 0.15) is 11.9 Å². The number of fused-ring (bicyclic) bond motifs is 1. The van der Waals surface area contributed by atoms with Gasteiger partial charge in [0.15, 0.2) is 0 Å². The molecule has 128 valence electrons. The Kier molecular flexibility index (Phi) is 4.02. The topological polar surface area (TPSA) is 49.4 Å². The van der Waals surface area contributed by atoms with E-state index in [4.69, 9.17) is 0 Å². The van der Waals surface area contributed by atoms with Gasteiger partial charge in [-0.05, 0) is 62.3 Å². The summed E-state index contributed by atoms with van der Waals surface area (Å²) >= 11 is 0. The highest BCUT2D eigenvalue weighted by molar-refractivity contribution is 5.98. The molecule has 2 aliphatic carbocycles. The van der Waals surface area contributed by atoms with Gasteiger partial charge in [0.2, 0.25) is 5.91 Å². The molecule has 2 saturated carbocycles. The van der Waals surface area contributed by atoms with Gasteiger partial charge < -0.3 is 10.2 Å². The van der Waals surface area contributed by atoms with Crippen molar-refractivity contribution in [2.24, 2.45) is 5.92 Å². The molecule has 2 amide bonds. The summed E-state index contributed by atoms with van der Waals surface area (Å²) in [6.07, 6.45) is 7.17. The lowest BCUT2D eigenvalue weighted by Gasteiger charge is -2.33. The molecular weight excluding hydrogens is 307 g/mol. The number of carbonyl (C=O) groups excluding carboxylic acids is 2. The first-order valence-corrected chi connectivity index (χ1v) is 9.02. The summed E-state index contributed by atoms with van der Waals surface area (Å²) in [5.41, 5.74) is 0.465. The lowest BCUT2D eigenvalue weighted by atomic mass is 9.84. The first-order chi connectivity index (χ1) is 11.6. The van der Waals surface area contributed by atoms with Crippen LogP contribution in [0, 0.1) is 11.7 Å². The van der Waals surface area contributed by atoms with E-state index in [2.05, 4.69) is 5.32 Å². The van der Waals surface area contributed by atoms with E-state index in [1.165, 1.54) is 30.7 Å². The highest BCUT2D eigenvalue weighted by Crippen LogP contribution is 2.40. The van der Waals surface area contributed by atoms with Crippen molar-refractivity contribution in [3.8, 4) is 0 Å². The van der Waals surface area contributed by atoms with Crippen molar-refractivity contribution in [1.29, 1.82) is 0 Å². The summed E-state index contributed by atoms with van der Waals surface area (Å²) in [4.78, 5) is 27.5. The van der Waals surface area contributed by atoms with Crippen molar-refractivity contribution in [3.05, 3.63) is 35.6 Å². The maximum Gasteiger partial charge on any atom is 0.254 e. The molecule has 5 heteroatoms. The highest BCUT2D eigenvalue weighted by atomic mass is 19.1. The number of nitrogens with zero attached hydrogens (tertiary/aromatic N) is 1. The van der Waals surface area contributed by atoms with Gasteiger partial charge in [-0.2, -0.15) is 0 Å². The summed E-state index contributed by atoms with van der Waals surface area (Å²) in [5.74, 6) is -0.0904. The van der Waals surface area contributed by atoms with Crippen molar-refractivity contribution in [2.45, 2.75) is 63.1 Å². The van der Waals surface area contributed by atoms with Gasteiger partial charge >= 0.3 is 0 Å². The first kappa shape index (κ1) is 15.6. The van der Waals surface area contributed by atoms with Crippen molar-refractivity contribution < 1.29 is 14.0 Å². The van der Waals surface area contributed by atoms with Crippen LogP contribution in [0.2, 0.25) is 0 Å². The van der Waals surface area contributed by atoms with Crippen LogP contribution in [0.5, 0.6) is 0 Å². The summed E-state index contributed by atoms with van der Waals surface area (Å²) < 4.78 is 13.2. The molecule has 3 aliphatic rings. The molecule has 24 heavy (non-hydrogen) atoms. The lowest BCUT2D eigenvalue weighted by Crippen LogP contribution is -2.50. The van der Waals surface area contributed by atoms with E-state index in [1.807, 2.05) is 0 Å². The first-order valence-electron chi connectivity index (χ1n) is 9.02. The van der Waals surface area contributed by atoms with E-state index in [1.54, 1.807) is 4.90 Å². The fourth-order valence-electron chi connectivity index (χ4n) is 4.25. The van der Waals surface area contributed by atoms with Crippen LogP contribution < -0.4 is 5.32 Å².